The molecule has 1 aromatic carbocycles. The lowest BCUT2D eigenvalue weighted by Crippen LogP contribution is -2.42. The summed E-state index contributed by atoms with van der Waals surface area (Å²) in [5.74, 6) is 1.50. The summed E-state index contributed by atoms with van der Waals surface area (Å²) in [6.07, 6.45) is 7.54. The molecule has 1 atom stereocenters. The van der Waals surface area contributed by atoms with E-state index in [1.54, 1.807) is 6.26 Å². The van der Waals surface area contributed by atoms with E-state index in [0.717, 1.165) is 23.6 Å². The summed E-state index contributed by atoms with van der Waals surface area (Å²) in [5.41, 5.74) is 1.14. The number of furan rings is 1. The van der Waals surface area contributed by atoms with Crippen LogP contribution in [-0.4, -0.2) is 43.9 Å². The summed E-state index contributed by atoms with van der Waals surface area (Å²) in [6.45, 7) is 2.58. The average molecular weight is 425 g/mol. The zero-order chi connectivity index (χ0) is 20.9. The Morgan fingerprint density at radius 3 is 2.63 bits per heavy atom. The summed E-state index contributed by atoms with van der Waals surface area (Å²) in [5, 5.41) is 9.27. The van der Waals surface area contributed by atoms with Crippen LogP contribution in [0, 0.1) is 0 Å². The highest BCUT2D eigenvalue weighted by molar-refractivity contribution is 8.00. The largest absolute Gasteiger partial charge is 0.461 e. The number of benzene rings is 1. The van der Waals surface area contributed by atoms with Gasteiger partial charge in [0.05, 0.1) is 18.1 Å². The fraction of sp³-hybridized carbons (Fsp3) is 0.435. The number of carbonyl (C=O) groups is 1. The second-order valence-corrected chi connectivity index (χ2v) is 9.16. The number of rotatable bonds is 7. The van der Waals surface area contributed by atoms with Crippen molar-refractivity contribution >= 4 is 17.7 Å². The van der Waals surface area contributed by atoms with Crippen LogP contribution in [0.4, 0.5) is 0 Å². The van der Waals surface area contributed by atoms with E-state index in [1.807, 2.05) is 53.8 Å². The fourth-order valence-electron chi connectivity index (χ4n) is 4.02. The third-order valence-electron chi connectivity index (χ3n) is 5.74. The van der Waals surface area contributed by atoms with Crippen molar-refractivity contribution in [1.82, 2.24) is 19.7 Å². The van der Waals surface area contributed by atoms with Crippen LogP contribution in [0.15, 0.2) is 58.3 Å². The first-order valence-electron chi connectivity index (χ1n) is 10.6. The van der Waals surface area contributed by atoms with Gasteiger partial charge in [0.2, 0.25) is 11.7 Å². The Kier molecular flexibility index (Phi) is 6.57. The van der Waals surface area contributed by atoms with Gasteiger partial charge in [-0.3, -0.25) is 9.36 Å². The van der Waals surface area contributed by atoms with Gasteiger partial charge in [-0.05, 0) is 37.5 Å². The van der Waals surface area contributed by atoms with Gasteiger partial charge in [0.15, 0.2) is 10.9 Å². The predicted molar refractivity (Wildman–Crippen MR) is 118 cm³/mol. The number of aromatic nitrogens is 3. The molecule has 4 rings (SSSR count). The number of nitrogens with zero attached hydrogens (tertiary/aromatic N) is 4. The highest BCUT2D eigenvalue weighted by atomic mass is 32.2. The van der Waals surface area contributed by atoms with Gasteiger partial charge in [0.1, 0.15) is 0 Å². The van der Waals surface area contributed by atoms with Crippen LogP contribution in [0.2, 0.25) is 0 Å². The third kappa shape index (κ3) is 4.61. The Labute approximate surface area is 181 Å². The van der Waals surface area contributed by atoms with Crippen molar-refractivity contribution in [2.24, 2.45) is 0 Å². The van der Waals surface area contributed by atoms with Gasteiger partial charge in [0.25, 0.3) is 0 Å². The number of amides is 1. The predicted octanol–water partition coefficient (Wildman–Crippen LogP) is 4.86. The summed E-state index contributed by atoms with van der Waals surface area (Å²) < 4.78 is 7.60. The molecule has 0 radical (unpaired) electrons. The van der Waals surface area contributed by atoms with Crippen molar-refractivity contribution in [1.29, 1.82) is 0 Å². The minimum Gasteiger partial charge on any atom is -0.461 e. The lowest BCUT2D eigenvalue weighted by Gasteiger charge is -2.32. The maximum absolute atomic E-state index is 13.1. The third-order valence-corrected chi connectivity index (χ3v) is 6.81. The Morgan fingerprint density at radius 1 is 1.17 bits per heavy atom. The zero-order valence-electron chi connectivity index (χ0n) is 17.5. The molecule has 2 aromatic heterocycles. The summed E-state index contributed by atoms with van der Waals surface area (Å²) >= 11 is 1.46. The Hall–Kier alpha value is -2.54. The molecule has 2 heterocycles. The molecular formula is C23H28N4O2S. The lowest BCUT2D eigenvalue weighted by atomic mass is 9.94. The SMILES string of the molecule is C[C@@H](Sc1nnc(-c2ccco2)n1Cc1ccccc1)C(=O)N(C)C1CCCCC1. The van der Waals surface area contributed by atoms with Crippen LogP contribution in [0.3, 0.4) is 0 Å². The molecular weight excluding hydrogens is 396 g/mol. The second-order valence-electron chi connectivity index (χ2n) is 7.86. The van der Waals surface area contributed by atoms with E-state index in [1.165, 1.54) is 31.0 Å². The van der Waals surface area contributed by atoms with E-state index >= 15 is 0 Å². The molecule has 1 saturated carbocycles. The van der Waals surface area contributed by atoms with Gasteiger partial charge in [-0.1, -0.05) is 61.4 Å². The van der Waals surface area contributed by atoms with Gasteiger partial charge in [-0.15, -0.1) is 10.2 Å². The number of carbonyl (C=O) groups excluding carboxylic acids is 1. The summed E-state index contributed by atoms with van der Waals surface area (Å²) in [7, 11) is 1.94. The highest BCUT2D eigenvalue weighted by Crippen LogP contribution is 2.30. The van der Waals surface area contributed by atoms with Crippen molar-refractivity contribution in [2.75, 3.05) is 7.05 Å². The van der Waals surface area contributed by atoms with Crippen LogP contribution < -0.4 is 0 Å². The zero-order valence-corrected chi connectivity index (χ0v) is 18.3. The molecule has 30 heavy (non-hydrogen) atoms. The monoisotopic (exact) mass is 424 g/mol. The van der Waals surface area contributed by atoms with Crippen molar-refractivity contribution < 1.29 is 9.21 Å². The van der Waals surface area contributed by atoms with Crippen LogP contribution in [-0.2, 0) is 11.3 Å². The molecule has 1 fully saturated rings. The van der Waals surface area contributed by atoms with Crippen LogP contribution in [0.25, 0.3) is 11.6 Å². The first-order valence-corrected chi connectivity index (χ1v) is 11.5. The molecule has 1 amide bonds. The maximum Gasteiger partial charge on any atom is 0.235 e. The van der Waals surface area contributed by atoms with E-state index in [-0.39, 0.29) is 11.2 Å². The molecule has 0 unspecified atom stereocenters. The van der Waals surface area contributed by atoms with Gasteiger partial charge in [-0.25, -0.2) is 0 Å². The second kappa shape index (κ2) is 9.51. The molecule has 158 valence electrons. The summed E-state index contributed by atoms with van der Waals surface area (Å²) in [4.78, 5) is 15.0. The number of hydrogen-bond donors (Lipinski definition) is 0. The number of hydrogen-bond acceptors (Lipinski definition) is 5. The highest BCUT2D eigenvalue weighted by Gasteiger charge is 2.28. The van der Waals surface area contributed by atoms with Gasteiger partial charge in [-0.2, -0.15) is 0 Å². The Balaban J connectivity index is 1.55. The van der Waals surface area contributed by atoms with Crippen LogP contribution in [0.1, 0.15) is 44.6 Å². The van der Waals surface area contributed by atoms with E-state index in [4.69, 9.17) is 4.42 Å². The van der Waals surface area contributed by atoms with Crippen molar-refractivity contribution in [3.63, 3.8) is 0 Å². The minimum absolute atomic E-state index is 0.153. The Morgan fingerprint density at radius 2 is 1.93 bits per heavy atom. The molecule has 3 aromatic rings. The normalized spacial score (nSPS) is 15.8. The van der Waals surface area contributed by atoms with Crippen molar-refractivity contribution in [3.05, 3.63) is 54.3 Å². The standard InChI is InChI=1S/C23H28N4O2S/c1-17(22(28)26(2)19-12-7-4-8-13-19)30-23-25-24-21(20-14-9-15-29-20)27(23)16-18-10-5-3-6-11-18/h3,5-6,9-11,14-15,17,19H,4,7-8,12-13,16H2,1-2H3/t17-/m1/s1. The van der Waals surface area contributed by atoms with E-state index < -0.39 is 0 Å². The van der Waals surface area contributed by atoms with Crippen LogP contribution in [0.5, 0.6) is 0 Å². The molecule has 0 saturated heterocycles. The first-order chi connectivity index (χ1) is 14.6. The molecule has 0 spiro atoms. The van der Waals surface area contributed by atoms with Gasteiger partial charge in [0, 0.05) is 13.1 Å². The molecule has 0 bridgehead atoms. The van der Waals surface area contributed by atoms with Gasteiger partial charge < -0.3 is 9.32 Å². The van der Waals surface area contributed by atoms with Crippen molar-refractivity contribution in [2.45, 2.75) is 62.0 Å². The fourth-order valence-corrected chi connectivity index (χ4v) is 4.97. The molecule has 7 heteroatoms. The topological polar surface area (TPSA) is 64.2 Å². The smallest absolute Gasteiger partial charge is 0.235 e. The molecule has 1 aliphatic rings. The van der Waals surface area contributed by atoms with Crippen molar-refractivity contribution in [3.8, 4) is 11.6 Å². The van der Waals surface area contributed by atoms with Crippen LogP contribution >= 0.6 is 11.8 Å². The molecule has 0 aliphatic heterocycles. The minimum atomic E-state index is -0.236. The molecule has 6 nitrogen and oxygen atoms in total. The maximum atomic E-state index is 13.1. The molecule has 1 aliphatic carbocycles. The number of thioether (sulfide) groups is 1. The van der Waals surface area contributed by atoms with E-state index in [2.05, 4.69) is 22.3 Å². The van der Waals surface area contributed by atoms with Gasteiger partial charge >= 0.3 is 0 Å². The molecule has 0 N–H and O–H groups in total. The van der Waals surface area contributed by atoms with E-state index in [0.29, 0.717) is 24.2 Å². The first kappa shape index (κ1) is 20.7. The Bertz CT molecular complexity index is 949. The lowest BCUT2D eigenvalue weighted by molar-refractivity contribution is -0.131. The average Bonchev–Trinajstić information content (AvgIpc) is 3.44. The summed E-state index contributed by atoms with van der Waals surface area (Å²) in [6, 6.07) is 14.3. The quantitative estimate of drug-likeness (QED) is 0.507. The van der Waals surface area contributed by atoms with E-state index in [9.17, 15) is 4.79 Å².